The first-order chi connectivity index (χ1) is 7.15. The summed E-state index contributed by atoms with van der Waals surface area (Å²) in [7, 11) is 0. The second kappa shape index (κ2) is 3.84. The predicted molar refractivity (Wildman–Crippen MR) is 54.7 cm³/mol. The van der Waals surface area contributed by atoms with Gasteiger partial charge in [-0.15, -0.1) is 0 Å². The molecule has 2 heterocycles. The van der Waals surface area contributed by atoms with Crippen molar-refractivity contribution in [2.45, 2.75) is 13.3 Å². The Hall–Kier alpha value is -1.65. The number of aliphatic carboxylic acids is 1. The molecule has 1 aromatic rings. The number of nitrogens with zero attached hydrogens (tertiary/aromatic N) is 3. The first-order valence-corrected chi connectivity index (χ1v) is 4.91. The molecule has 15 heavy (non-hydrogen) atoms. The highest BCUT2D eigenvalue weighted by Gasteiger charge is 2.30. The van der Waals surface area contributed by atoms with Crippen LogP contribution in [0, 0.1) is 12.8 Å². The van der Waals surface area contributed by atoms with Crippen LogP contribution in [0.1, 0.15) is 12.1 Å². The number of aromatic nitrogens is 2. The van der Waals surface area contributed by atoms with Gasteiger partial charge in [-0.25, -0.2) is 9.97 Å². The first-order valence-electron chi connectivity index (χ1n) is 4.91. The minimum absolute atomic E-state index is 0.238. The number of carboxylic acids is 1. The van der Waals surface area contributed by atoms with Gasteiger partial charge in [-0.05, 0) is 13.0 Å². The van der Waals surface area contributed by atoms with Crippen LogP contribution in [0.5, 0.6) is 0 Å². The molecule has 80 valence electrons. The lowest BCUT2D eigenvalue weighted by Crippen LogP contribution is -2.48. The Morgan fingerprint density at radius 3 is 3.00 bits per heavy atom. The van der Waals surface area contributed by atoms with Gasteiger partial charge in [0.1, 0.15) is 0 Å². The average molecular weight is 207 g/mol. The van der Waals surface area contributed by atoms with E-state index >= 15 is 0 Å². The van der Waals surface area contributed by atoms with Gasteiger partial charge < -0.3 is 10.0 Å². The fraction of sp³-hybridized carbons (Fsp3) is 0.500. The Morgan fingerprint density at radius 2 is 2.40 bits per heavy atom. The monoisotopic (exact) mass is 207 g/mol. The Kier molecular flexibility index (Phi) is 2.53. The molecule has 0 amide bonds. The van der Waals surface area contributed by atoms with Crippen molar-refractivity contribution in [1.29, 1.82) is 0 Å². The number of rotatable bonds is 3. The third kappa shape index (κ3) is 2.23. The van der Waals surface area contributed by atoms with Crippen molar-refractivity contribution in [2.75, 3.05) is 18.0 Å². The van der Waals surface area contributed by atoms with Crippen LogP contribution in [0.4, 0.5) is 5.95 Å². The Balaban J connectivity index is 1.92. The van der Waals surface area contributed by atoms with Crippen molar-refractivity contribution in [3.05, 3.63) is 18.0 Å². The van der Waals surface area contributed by atoms with E-state index in [4.69, 9.17) is 5.11 Å². The van der Waals surface area contributed by atoms with Crippen molar-refractivity contribution < 1.29 is 9.90 Å². The molecule has 2 rings (SSSR count). The van der Waals surface area contributed by atoms with E-state index in [9.17, 15) is 4.79 Å². The number of hydrogen-bond donors (Lipinski definition) is 1. The van der Waals surface area contributed by atoms with Gasteiger partial charge in [0, 0.05) is 30.9 Å². The van der Waals surface area contributed by atoms with Gasteiger partial charge in [-0.2, -0.15) is 0 Å². The van der Waals surface area contributed by atoms with E-state index in [-0.39, 0.29) is 12.3 Å². The first kappa shape index (κ1) is 9.89. The maximum Gasteiger partial charge on any atom is 0.303 e. The highest BCUT2D eigenvalue weighted by atomic mass is 16.4. The van der Waals surface area contributed by atoms with E-state index in [0.717, 1.165) is 18.8 Å². The molecule has 1 aromatic heterocycles. The van der Waals surface area contributed by atoms with Gasteiger partial charge in [0.25, 0.3) is 0 Å². The van der Waals surface area contributed by atoms with Gasteiger partial charge in [0.2, 0.25) is 5.95 Å². The third-order valence-corrected chi connectivity index (χ3v) is 2.49. The molecule has 1 fully saturated rings. The van der Waals surface area contributed by atoms with E-state index in [1.807, 2.05) is 17.9 Å². The molecular weight excluding hydrogens is 194 g/mol. The van der Waals surface area contributed by atoms with Gasteiger partial charge in [-0.3, -0.25) is 4.79 Å². The van der Waals surface area contributed by atoms with E-state index in [2.05, 4.69) is 9.97 Å². The smallest absolute Gasteiger partial charge is 0.303 e. The summed E-state index contributed by atoms with van der Waals surface area (Å²) in [5.74, 6) is 0.216. The molecule has 5 heteroatoms. The van der Waals surface area contributed by atoms with Gasteiger partial charge >= 0.3 is 5.97 Å². The largest absolute Gasteiger partial charge is 0.481 e. The molecule has 0 saturated carbocycles. The van der Waals surface area contributed by atoms with Crippen molar-refractivity contribution >= 4 is 11.9 Å². The summed E-state index contributed by atoms with van der Waals surface area (Å²) in [6, 6.07) is 1.85. The molecule has 0 unspecified atom stereocenters. The summed E-state index contributed by atoms with van der Waals surface area (Å²) in [5.41, 5.74) is 0.932. The summed E-state index contributed by atoms with van der Waals surface area (Å²) < 4.78 is 0. The number of carboxylic acid groups (broad SMARTS) is 1. The highest BCUT2D eigenvalue weighted by molar-refractivity contribution is 5.67. The molecule has 1 N–H and O–H groups in total. The molecule has 0 radical (unpaired) electrons. The van der Waals surface area contributed by atoms with Crippen LogP contribution >= 0.6 is 0 Å². The fourth-order valence-corrected chi connectivity index (χ4v) is 1.70. The molecule has 1 aliphatic heterocycles. The van der Waals surface area contributed by atoms with Crippen LogP contribution < -0.4 is 4.90 Å². The van der Waals surface area contributed by atoms with Crippen molar-refractivity contribution in [1.82, 2.24) is 9.97 Å². The second-order valence-electron chi connectivity index (χ2n) is 3.87. The van der Waals surface area contributed by atoms with Crippen LogP contribution in [0.3, 0.4) is 0 Å². The molecule has 0 atom stereocenters. The summed E-state index contributed by atoms with van der Waals surface area (Å²) in [5, 5.41) is 8.60. The van der Waals surface area contributed by atoms with E-state index < -0.39 is 5.97 Å². The average Bonchev–Trinajstić information content (AvgIpc) is 2.10. The second-order valence-corrected chi connectivity index (χ2v) is 3.87. The molecule has 0 bridgehead atoms. The molecular formula is C10H13N3O2. The molecule has 1 saturated heterocycles. The molecule has 0 aromatic carbocycles. The lowest BCUT2D eigenvalue weighted by Gasteiger charge is -2.38. The van der Waals surface area contributed by atoms with E-state index in [1.165, 1.54) is 0 Å². The Bertz CT molecular complexity index is 375. The van der Waals surface area contributed by atoms with Crippen LogP contribution in [0.25, 0.3) is 0 Å². The van der Waals surface area contributed by atoms with Crippen LogP contribution in [0.15, 0.2) is 12.3 Å². The van der Waals surface area contributed by atoms with Crippen LogP contribution in [-0.4, -0.2) is 34.1 Å². The van der Waals surface area contributed by atoms with Gasteiger partial charge in [0.15, 0.2) is 0 Å². The maximum absolute atomic E-state index is 10.5. The predicted octanol–water partition coefficient (Wildman–Crippen LogP) is 0.696. The minimum Gasteiger partial charge on any atom is -0.481 e. The molecule has 1 aliphatic rings. The van der Waals surface area contributed by atoms with E-state index in [0.29, 0.717) is 5.95 Å². The molecule has 5 nitrogen and oxygen atoms in total. The zero-order valence-corrected chi connectivity index (χ0v) is 8.55. The van der Waals surface area contributed by atoms with Crippen molar-refractivity contribution in [3.8, 4) is 0 Å². The number of anilines is 1. The lowest BCUT2D eigenvalue weighted by atomic mass is 9.97. The third-order valence-electron chi connectivity index (χ3n) is 2.49. The van der Waals surface area contributed by atoms with Gasteiger partial charge in [-0.1, -0.05) is 0 Å². The standard InChI is InChI=1S/C10H13N3O2/c1-7-2-3-11-10(12-7)13-5-8(6-13)4-9(14)15/h2-3,8H,4-6H2,1H3,(H,14,15). The fourth-order valence-electron chi connectivity index (χ4n) is 1.70. The normalized spacial score (nSPS) is 16.2. The molecule has 0 spiro atoms. The SMILES string of the molecule is Cc1ccnc(N2CC(CC(=O)O)C2)n1. The summed E-state index contributed by atoms with van der Waals surface area (Å²) in [6.45, 7) is 3.41. The zero-order chi connectivity index (χ0) is 10.8. The van der Waals surface area contributed by atoms with Crippen LogP contribution in [0.2, 0.25) is 0 Å². The Morgan fingerprint density at radius 1 is 1.67 bits per heavy atom. The van der Waals surface area contributed by atoms with Crippen LogP contribution in [-0.2, 0) is 4.79 Å². The summed E-state index contributed by atoms with van der Waals surface area (Å²) in [4.78, 5) is 20.9. The number of aryl methyl sites for hydroxylation is 1. The quantitative estimate of drug-likeness (QED) is 0.790. The number of hydrogen-bond acceptors (Lipinski definition) is 4. The van der Waals surface area contributed by atoms with Gasteiger partial charge in [0.05, 0.1) is 6.42 Å². The van der Waals surface area contributed by atoms with Crippen molar-refractivity contribution in [3.63, 3.8) is 0 Å². The lowest BCUT2D eigenvalue weighted by molar-refractivity contribution is -0.138. The number of carbonyl (C=O) groups is 1. The van der Waals surface area contributed by atoms with E-state index in [1.54, 1.807) is 6.20 Å². The zero-order valence-electron chi connectivity index (χ0n) is 8.55. The maximum atomic E-state index is 10.5. The Labute approximate surface area is 87.8 Å². The summed E-state index contributed by atoms with van der Waals surface area (Å²) in [6.07, 6.45) is 1.96. The van der Waals surface area contributed by atoms with Crippen molar-refractivity contribution in [2.24, 2.45) is 5.92 Å². The summed E-state index contributed by atoms with van der Waals surface area (Å²) >= 11 is 0. The highest BCUT2D eigenvalue weighted by Crippen LogP contribution is 2.23. The topological polar surface area (TPSA) is 66.3 Å². The molecule has 0 aliphatic carbocycles. The minimum atomic E-state index is -0.732.